The van der Waals surface area contributed by atoms with Crippen molar-refractivity contribution in [2.45, 2.75) is 39.0 Å². The predicted octanol–water partition coefficient (Wildman–Crippen LogP) is 2.98. The molecule has 2 nitrogen and oxygen atoms in total. The number of nitrogens with zero attached hydrogens (tertiary/aromatic N) is 2. The maximum absolute atomic E-state index is 4.54. The van der Waals surface area contributed by atoms with E-state index in [0.29, 0.717) is 0 Å². The van der Waals surface area contributed by atoms with Gasteiger partial charge in [-0.2, -0.15) is 0 Å². The van der Waals surface area contributed by atoms with Gasteiger partial charge in [0.15, 0.2) is 0 Å². The van der Waals surface area contributed by atoms with E-state index in [1.807, 2.05) is 6.20 Å². The molecule has 0 aliphatic carbocycles. The van der Waals surface area contributed by atoms with Gasteiger partial charge in [0, 0.05) is 19.3 Å². The molecule has 0 N–H and O–H groups in total. The van der Waals surface area contributed by atoms with Crippen molar-refractivity contribution in [3.05, 3.63) is 23.9 Å². The molecule has 0 atom stereocenters. The summed E-state index contributed by atoms with van der Waals surface area (Å²) in [7, 11) is 0. The van der Waals surface area contributed by atoms with E-state index < -0.39 is 0 Å². The third-order valence-corrected chi connectivity index (χ3v) is 3.59. The molecule has 1 aromatic heterocycles. The molecule has 15 heavy (non-hydrogen) atoms. The fourth-order valence-corrected chi connectivity index (χ4v) is 1.72. The summed E-state index contributed by atoms with van der Waals surface area (Å²) >= 11 is 0. The average Bonchev–Trinajstić information content (AvgIpc) is 2.16. The van der Waals surface area contributed by atoms with Gasteiger partial charge in [0.05, 0.1) is 0 Å². The molecule has 1 aliphatic heterocycles. The van der Waals surface area contributed by atoms with Crippen LogP contribution < -0.4 is 4.90 Å². The zero-order chi connectivity index (χ0) is 10.9. The molecule has 0 aromatic carbocycles. The van der Waals surface area contributed by atoms with Gasteiger partial charge in [-0.1, -0.05) is 26.8 Å². The molecular weight excluding hydrogens is 184 g/mol. The Bertz CT molecular complexity index is 323. The lowest BCUT2D eigenvalue weighted by Gasteiger charge is -2.32. The minimum atomic E-state index is 0.250. The van der Waals surface area contributed by atoms with Gasteiger partial charge in [-0.15, -0.1) is 0 Å². The van der Waals surface area contributed by atoms with Crippen molar-refractivity contribution in [1.82, 2.24) is 4.98 Å². The van der Waals surface area contributed by atoms with Gasteiger partial charge in [-0.25, -0.2) is 4.98 Å². The first-order valence-corrected chi connectivity index (χ1v) is 5.85. The Morgan fingerprint density at radius 3 is 2.47 bits per heavy atom. The zero-order valence-electron chi connectivity index (χ0n) is 9.95. The molecule has 0 amide bonds. The molecule has 0 radical (unpaired) electrons. The van der Waals surface area contributed by atoms with Gasteiger partial charge in [-0.3, -0.25) is 0 Å². The second-order valence-electron chi connectivity index (χ2n) is 4.98. The van der Waals surface area contributed by atoms with Crippen LogP contribution in [0.4, 0.5) is 5.82 Å². The van der Waals surface area contributed by atoms with Crippen LogP contribution in [-0.2, 0) is 5.41 Å². The molecule has 1 fully saturated rings. The third-order valence-electron chi connectivity index (χ3n) is 3.59. The van der Waals surface area contributed by atoms with Gasteiger partial charge < -0.3 is 4.90 Å². The predicted molar refractivity (Wildman–Crippen MR) is 64.4 cm³/mol. The molecule has 2 heteroatoms. The highest BCUT2D eigenvalue weighted by Gasteiger charge is 2.20. The Hall–Kier alpha value is -1.05. The minimum absolute atomic E-state index is 0.250. The summed E-state index contributed by atoms with van der Waals surface area (Å²) in [6, 6.07) is 4.38. The van der Waals surface area contributed by atoms with Crippen LogP contribution in [0.1, 0.15) is 39.2 Å². The maximum atomic E-state index is 4.54. The van der Waals surface area contributed by atoms with Crippen molar-refractivity contribution in [2.75, 3.05) is 18.0 Å². The Morgan fingerprint density at radius 2 is 2.07 bits per heavy atom. The lowest BCUT2D eigenvalue weighted by molar-refractivity contribution is 0.504. The summed E-state index contributed by atoms with van der Waals surface area (Å²) in [5.41, 5.74) is 1.59. The van der Waals surface area contributed by atoms with Gasteiger partial charge in [-0.05, 0) is 29.9 Å². The molecular formula is C13H20N2. The van der Waals surface area contributed by atoms with E-state index in [0.717, 1.165) is 12.2 Å². The maximum Gasteiger partial charge on any atom is 0.128 e. The molecule has 2 rings (SSSR count). The van der Waals surface area contributed by atoms with Crippen LogP contribution in [0, 0.1) is 0 Å². The first-order valence-electron chi connectivity index (χ1n) is 5.85. The van der Waals surface area contributed by atoms with E-state index in [2.05, 4.69) is 42.8 Å². The van der Waals surface area contributed by atoms with Crippen molar-refractivity contribution in [2.24, 2.45) is 0 Å². The number of aromatic nitrogens is 1. The SMILES string of the molecule is CCC(C)(C)c1ccc(N2CCC2)nc1. The van der Waals surface area contributed by atoms with E-state index in [9.17, 15) is 0 Å². The number of pyridine rings is 1. The Labute approximate surface area is 92.3 Å². The van der Waals surface area contributed by atoms with Crippen LogP contribution in [0.3, 0.4) is 0 Å². The van der Waals surface area contributed by atoms with E-state index in [1.54, 1.807) is 0 Å². The standard InChI is InChI=1S/C13H20N2/c1-4-13(2,3)11-6-7-12(14-10-11)15-8-5-9-15/h6-7,10H,4-5,8-9H2,1-3H3. The van der Waals surface area contributed by atoms with E-state index in [1.165, 1.54) is 25.1 Å². The molecule has 0 bridgehead atoms. The van der Waals surface area contributed by atoms with Crippen LogP contribution in [-0.4, -0.2) is 18.1 Å². The number of rotatable bonds is 3. The number of hydrogen-bond donors (Lipinski definition) is 0. The Kier molecular flexibility index (Phi) is 2.68. The summed E-state index contributed by atoms with van der Waals surface area (Å²) in [6.07, 6.45) is 4.50. The summed E-state index contributed by atoms with van der Waals surface area (Å²) < 4.78 is 0. The quantitative estimate of drug-likeness (QED) is 0.752. The first kappa shape index (κ1) is 10.5. The van der Waals surface area contributed by atoms with E-state index in [4.69, 9.17) is 0 Å². The monoisotopic (exact) mass is 204 g/mol. The topological polar surface area (TPSA) is 16.1 Å². The first-order chi connectivity index (χ1) is 7.13. The molecule has 0 saturated carbocycles. The highest BCUT2D eigenvalue weighted by Crippen LogP contribution is 2.27. The fourth-order valence-electron chi connectivity index (χ4n) is 1.72. The van der Waals surface area contributed by atoms with Crippen LogP contribution in [0.25, 0.3) is 0 Å². The molecule has 1 saturated heterocycles. The molecule has 0 spiro atoms. The fraction of sp³-hybridized carbons (Fsp3) is 0.615. The lowest BCUT2D eigenvalue weighted by Crippen LogP contribution is -2.37. The van der Waals surface area contributed by atoms with E-state index in [-0.39, 0.29) is 5.41 Å². The summed E-state index contributed by atoms with van der Waals surface area (Å²) in [5, 5.41) is 0. The number of hydrogen-bond acceptors (Lipinski definition) is 2. The molecule has 0 unspecified atom stereocenters. The van der Waals surface area contributed by atoms with Crippen LogP contribution >= 0.6 is 0 Å². The van der Waals surface area contributed by atoms with E-state index >= 15 is 0 Å². The smallest absolute Gasteiger partial charge is 0.128 e. The van der Waals surface area contributed by atoms with Gasteiger partial charge in [0.2, 0.25) is 0 Å². The molecule has 82 valence electrons. The minimum Gasteiger partial charge on any atom is -0.356 e. The second-order valence-corrected chi connectivity index (χ2v) is 4.98. The Balaban J connectivity index is 2.16. The lowest BCUT2D eigenvalue weighted by atomic mass is 9.83. The number of anilines is 1. The highest BCUT2D eigenvalue weighted by molar-refractivity contribution is 5.42. The van der Waals surface area contributed by atoms with Crippen molar-refractivity contribution in [1.29, 1.82) is 0 Å². The van der Waals surface area contributed by atoms with Crippen molar-refractivity contribution in [3.8, 4) is 0 Å². The van der Waals surface area contributed by atoms with Gasteiger partial charge in [0.25, 0.3) is 0 Å². The van der Waals surface area contributed by atoms with Crippen LogP contribution in [0.15, 0.2) is 18.3 Å². The molecule has 2 heterocycles. The van der Waals surface area contributed by atoms with Crippen molar-refractivity contribution >= 4 is 5.82 Å². The third kappa shape index (κ3) is 1.99. The normalized spacial score (nSPS) is 16.3. The largest absolute Gasteiger partial charge is 0.356 e. The Morgan fingerprint density at radius 1 is 1.33 bits per heavy atom. The van der Waals surface area contributed by atoms with Gasteiger partial charge in [0.1, 0.15) is 5.82 Å². The van der Waals surface area contributed by atoms with Crippen LogP contribution in [0.5, 0.6) is 0 Å². The molecule has 1 aliphatic rings. The summed E-state index contributed by atoms with van der Waals surface area (Å²) in [5.74, 6) is 1.14. The molecule has 1 aromatic rings. The van der Waals surface area contributed by atoms with Crippen molar-refractivity contribution < 1.29 is 0 Å². The van der Waals surface area contributed by atoms with Gasteiger partial charge >= 0.3 is 0 Å². The zero-order valence-corrected chi connectivity index (χ0v) is 9.95. The summed E-state index contributed by atoms with van der Waals surface area (Å²) in [4.78, 5) is 6.86. The summed E-state index contributed by atoms with van der Waals surface area (Å²) in [6.45, 7) is 9.11. The van der Waals surface area contributed by atoms with Crippen LogP contribution in [0.2, 0.25) is 0 Å². The average molecular weight is 204 g/mol. The van der Waals surface area contributed by atoms with Crippen molar-refractivity contribution in [3.63, 3.8) is 0 Å². The highest BCUT2D eigenvalue weighted by atomic mass is 15.2. The second kappa shape index (κ2) is 3.84.